The fraction of sp³-hybridized carbons (Fsp3) is 0.786. The van der Waals surface area contributed by atoms with E-state index in [1.165, 1.54) is 19.1 Å². The maximum atomic E-state index is 11.6. The summed E-state index contributed by atoms with van der Waals surface area (Å²) in [5, 5.41) is 3.21. The molecule has 0 N–H and O–H groups in total. The molecule has 22 heavy (non-hydrogen) atoms. The van der Waals surface area contributed by atoms with Crippen molar-refractivity contribution in [1.29, 1.82) is 0 Å². The first kappa shape index (κ1) is 16.2. The number of hydrogen-bond acceptors (Lipinski definition) is 6. The van der Waals surface area contributed by atoms with Crippen molar-refractivity contribution in [3.63, 3.8) is 0 Å². The topological polar surface area (TPSA) is 56.8 Å². The zero-order valence-corrected chi connectivity index (χ0v) is 15.0. The fourth-order valence-electron chi connectivity index (χ4n) is 2.91. The van der Waals surface area contributed by atoms with Crippen molar-refractivity contribution in [2.45, 2.75) is 37.9 Å². The van der Waals surface area contributed by atoms with Gasteiger partial charge in [0.05, 0.1) is 11.9 Å². The van der Waals surface area contributed by atoms with Crippen LogP contribution in [-0.2, 0) is 16.6 Å². The van der Waals surface area contributed by atoms with Crippen LogP contribution in [0, 0.1) is 0 Å². The van der Waals surface area contributed by atoms with Gasteiger partial charge in [-0.1, -0.05) is 0 Å². The lowest BCUT2D eigenvalue weighted by molar-refractivity contribution is 0.239. The first-order valence-electron chi connectivity index (χ1n) is 7.67. The summed E-state index contributed by atoms with van der Waals surface area (Å²) in [6, 6.07) is 0.955. The van der Waals surface area contributed by atoms with Crippen molar-refractivity contribution in [1.82, 2.24) is 14.2 Å². The third-order valence-corrected chi connectivity index (χ3v) is 6.82. The molecule has 1 aliphatic carbocycles. The van der Waals surface area contributed by atoms with Crippen molar-refractivity contribution in [2.24, 2.45) is 0 Å². The van der Waals surface area contributed by atoms with Crippen LogP contribution < -0.4 is 4.90 Å². The normalized spacial score (nSPS) is 23.4. The number of anilines is 1. The summed E-state index contributed by atoms with van der Waals surface area (Å²) in [6.45, 7) is 1.99. The molecule has 1 aromatic rings. The molecule has 1 atom stereocenters. The molecule has 1 saturated carbocycles. The molecule has 3 rings (SSSR count). The minimum absolute atomic E-state index is 0.279. The Labute approximate surface area is 136 Å². The standard InChI is InChI=1S/C14H24N4O2S2/c1-16(13-6-7-18(9-13)22(3,19)20)8-11-10-21-14(15-11)17(2)12-4-5-12/h10,12-13H,4-9H2,1-3H3/t13-/m0/s1. The van der Waals surface area contributed by atoms with E-state index in [9.17, 15) is 8.42 Å². The summed E-state index contributed by atoms with van der Waals surface area (Å²) in [5.41, 5.74) is 1.08. The van der Waals surface area contributed by atoms with E-state index in [0.717, 1.165) is 23.8 Å². The van der Waals surface area contributed by atoms with Crippen LogP contribution in [0.5, 0.6) is 0 Å². The molecule has 2 fully saturated rings. The Balaban J connectivity index is 1.57. The van der Waals surface area contributed by atoms with Crippen LogP contribution >= 0.6 is 11.3 Å². The van der Waals surface area contributed by atoms with Gasteiger partial charge in [-0.15, -0.1) is 11.3 Å². The van der Waals surface area contributed by atoms with E-state index in [0.29, 0.717) is 19.1 Å². The van der Waals surface area contributed by atoms with Gasteiger partial charge in [-0.2, -0.15) is 0 Å². The number of hydrogen-bond donors (Lipinski definition) is 0. The molecule has 0 radical (unpaired) electrons. The van der Waals surface area contributed by atoms with E-state index in [1.807, 2.05) is 0 Å². The summed E-state index contributed by atoms with van der Waals surface area (Å²) in [5.74, 6) is 0. The maximum absolute atomic E-state index is 11.6. The van der Waals surface area contributed by atoms with Crippen LogP contribution in [0.3, 0.4) is 0 Å². The highest BCUT2D eigenvalue weighted by atomic mass is 32.2. The van der Waals surface area contributed by atoms with E-state index in [4.69, 9.17) is 4.98 Å². The highest BCUT2D eigenvalue weighted by Gasteiger charge is 2.31. The molecule has 1 saturated heterocycles. The van der Waals surface area contributed by atoms with Crippen LogP contribution in [0.2, 0.25) is 0 Å². The first-order valence-corrected chi connectivity index (χ1v) is 10.4. The SMILES string of the molecule is CN(c1nc(CN(C)[C@H]2CCN(S(C)(=O)=O)C2)cs1)C1CC1. The molecule has 0 spiro atoms. The lowest BCUT2D eigenvalue weighted by Gasteiger charge is -2.23. The van der Waals surface area contributed by atoms with E-state index >= 15 is 0 Å². The van der Waals surface area contributed by atoms with Gasteiger partial charge in [-0.05, 0) is 26.3 Å². The van der Waals surface area contributed by atoms with Crippen LogP contribution in [0.25, 0.3) is 0 Å². The zero-order chi connectivity index (χ0) is 15.9. The van der Waals surface area contributed by atoms with Gasteiger partial charge in [0.1, 0.15) is 0 Å². The number of thiazole rings is 1. The molecular formula is C14H24N4O2S2. The summed E-state index contributed by atoms with van der Waals surface area (Å²) in [4.78, 5) is 9.22. The second-order valence-electron chi connectivity index (χ2n) is 6.44. The second-order valence-corrected chi connectivity index (χ2v) is 9.26. The predicted molar refractivity (Wildman–Crippen MR) is 89.8 cm³/mol. The summed E-state index contributed by atoms with van der Waals surface area (Å²) < 4.78 is 24.8. The molecule has 6 nitrogen and oxygen atoms in total. The average molecular weight is 345 g/mol. The molecule has 8 heteroatoms. The van der Waals surface area contributed by atoms with E-state index in [2.05, 4.69) is 29.3 Å². The van der Waals surface area contributed by atoms with Gasteiger partial charge in [0, 0.05) is 44.1 Å². The zero-order valence-electron chi connectivity index (χ0n) is 13.4. The Morgan fingerprint density at radius 3 is 2.64 bits per heavy atom. The Morgan fingerprint density at radius 1 is 1.32 bits per heavy atom. The van der Waals surface area contributed by atoms with Crippen molar-refractivity contribution in [2.75, 3.05) is 38.3 Å². The van der Waals surface area contributed by atoms with Crippen molar-refractivity contribution < 1.29 is 8.42 Å². The average Bonchev–Trinajstić information content (AvgIpc) is 2.98. The lowest BCUT2D eigenvalue weighted by atomic mass is 10.2. The molecule has 1 aromatic heterocycles. The van der Waals surface area contributed by atoms with Gasteiger partial charge < -0.3 is 4.90 Å². The van der Waals surface area contributed by atoms with Gasteiger partial charge >= 0.3 is 0 Å². The Morgan fingerprint density at radius 2 is 2.05 bits per heavy atom. The molecule has 2 heterocycles. The third kappa shape index (κ3) is 3.61. The van der Waals surface area contributed by atoms with Gasteiger partial charge in [-0.25, -0.2) is 17.7 Å². The van der Waals surface area contributed by atoms with E-state index < -0.39 is 10.0 Å². The summed E-state index contributed by atoms with van der Waals surface area (Å²) >= 11 is 1.70. The molecule has 1 aliphatic heterocycles. The minimum atomic E-state index is -3.07. The Hall–Kier alpha value is -0.700. The molecule has 2 aliphatic rings. The lowest BCUT2D eigenvalue weighted by Crippen LogP contribution is -2.35. The van der Waals surface area contributed by atoms with Crippen LogP contribution in [0.4, 0.5) is 5.13 Å². The Bertz CT molecular complexity index is 627. The van der Waals surface area contributed by atoms with Gasteiger partial charge in [0.15, 0.2) is 5.13 Å². The smallest absolute Gasteiger partial charge is 0.211 e. The minimum Gasteiger partial charge on any atom is -0.348 e. The third-order valence-electron chi connectivity index (χ3n) is 4.57. The Kier molecular flexibility index (Phi) is 4.46. The highest BCUT2D eigenvalue weighted by molar-refractivity contribution is 7.88. The monoisotopic (exact) mass is 344 g/mol. The fourth-order valence-corrected chi connectivity index (χ4v) is 4.64. The number of rotatable bonds is 6. The molecule has 0 unspecified atom stereocenters. The van der Waals surface area contributed by atoms with E-state index in [1.54, 1.807) is 15.6 Å². The summed E-state index contributed by atoms with van der Waals surface area (Å²) in [6.07, 6.45) is 4.72. The van der Waals surface area contributed by atoms with Gasteiger partial charge in [0.2, 0.25) is 10.0 Å². The predicted octanol–water partition coefficient (Wildman–Crippen LogP) is 1.21. The van der Waals surface area contributed by atoms with Crippen LogP contribution in [-0.4, -0.2) is 68.1 Å². The molecular weight excluding hydrogens is 320 g/mol. The van der Waals surface area contributed by atoms with E-state index in [-0.39, 0.29) is 6.04 Å². The first-order chi connectivity index (χ1) is 10.3. The molecule has 0 aromatic carbocycles. The second kappa shape index (κ2) is 6.07. The molecule has 0 bridgehead atoms. The highest BCUT2D eigenvalue weighted by Crippen LogP contribution is 2.32. The number of nitrogens with zero attached hydrogens (tertiary/aromatic N) is 4. The van der Waals surface area contributed by atoms with Crippen LogP contribution in [0.1, 0.15) is 25.0 Å². The largest absolute Gasteiger partial charge is 0.348 e. The van der Waals surface area contributed by atoms with Gasteiger partial charge in [0.25, 0.3) is 0 Å². The number of likely N-dealkylation sites (N-methyl/N-ethyl adjacent to an activating group) is 1. The number of aromatic nitrogens is 1. The number of sulfonamides is 1. The van der Waals surface area contributed by atoms with Crippen molar-refractivity contribution in [3.05, 3.63) is 11.1 Å². The quantitative estimate of drug-likeness (QED) is 0.776. The van der Waals surface area contributed by atoms with Crippen molar-refractivity contribution >= 4 is 26.5 Å². The maximum Gasteiger partial charge on any atom is 0.211 e. The van der Waals surface area contributed by atoms with Crippen LogP contribution in [0.15, 0.2) is 5.38 Å². The molecule has 124 valence electrons. The van der Waals surface area contributed by atoms with Gasteiger partial charge in [-0.3, -0.25) is 4.90 Å². The summed E-state index contributed by atoms with van der Waals surface area (Å²) in [7, 11) is 1.11. The molecule has 0 amide bonds. The van der Waals surface area contributed by atoms with Crippen molar-refractivity contribution in [3.8, 4) is 0 Å².